The van der Waals surface area contributed by atoms with E-state index in [9.17, 15) is 0 Å². The Balaban J connectivity index is 2.40. The van der Waals surface area contributed by atoms with Gasteiger partial charge >= 0.3 is 0 Å². The van der Waals surface area contributed by atoms with Crippen LogP contribution in [0, 0.1) is 26.7 Å². The summed E-state index contributed by atoms with van der Waals surface area (Å²) in [5.41, 5.74) is 5.79. The van der Waals surface area contributed by atoms with Gasteiger partial charge in [0.05, 0.1) is 0 Å². The van der Waals surface area contributed by atoms with E-state index in [2.05, 4.69) is 45.3 Å². The third-order valence-electron chi connectivity index (χ3n) is 3.45. The van der Waals surface area contributed by atoms with E-state index < -0.39 is 0 Å². The van der Waals surface area contributed by atoms with Crippen molar-refractivity contribution < 1.29 is 0 Å². The third kappa shape index (κ3) is 2.07. The van der Waals surface area contributed by atoms with Gasteiger partial charge in [-0.15, -0.1) is 0 Å². The van der Waals surface area contributed by atoms with E-state index in [0.29, 0.717) is 6.04 Å². The molecule has 0 spiro atoms. The monoisotopic (exact) mass is 203 g/mol. The summed E-state index contributed by atoms with van der Waals surface area (Å²) in [5, 5.41) is 3.48. The van der Waals surface area contributed by atoms with Crippen molar-refractivity contribution in [3.05, 3.63) is 34.4 Å². The molecular weight excluding hydrogens is 182 g/mol. The molecule has 1 N–H and O–H groups in total. The van der Waals surface area contributed by atoms with Gasteiger partial charge < -0.3 is 5.32 Å². The first kappa shape index (κ1) is 10.7. The van der Waals surface area contributed by atoms with Crippen LogP contribution in [0.1, 0.15) is 41.1 Å². The van der Waals surface area contributed by atoms with Crippen molar-refractivity contribution >= 4 is 0 Å². The first-order chi connectivity index (χ1) is 7.13. The van der Waals surface area contributed by atoms with E-state index in [-0.39, 0.29) is 0 Å². The van der Waals surface area contributed by atoms with Crippen molar-refractivity contribution in [1.82, 2.24) is 5.32 Å². The van der Waals surface area contributed by atoms with Crippen LogP contribution in [0.15, 0.2) is 12.1 Å². The fraction of sp³-hybridized carbons (Fsp3) is 0.571. The molecular formula is C14H21N. The Kier molecular flexibility index (Phi) is 2.83. The fourth-order valence-electron chi connectivity index (χ4n) is 2.73. The van der Waals surface area contributed by atoms with E-state index in [1.54, 1.807) is 0 Å². The molecule has 0 radical (unpaired) electrons. The Hall–Kier alpha value is -0.820. The van der Waals surface area contributed by atoms with Crippen LogP contribution in [0.25, 0.3) is 0 Å². The molecule has 1 heteroatoms. The second-order valence-corrected chi connectivity index (χ2v) is 4.92. The Labute approximate surface area is 92.9 Å². The van der Waals surface area contributed by atoms with E-state index in [0.717, 1.165) is 5.92 Å². The predicted molar refractivity (Wildman–Crippen MR) is 65.2 cm³/mol. The molecule has 1 atom stereocenters. The molecule has 1 saturated carbocycles. The maximum atomic E-state index is 3.48. The zero-order chi connectivity index (χ0) is 11.0. The Morgan fingerprint density at radius 1 is 1.13 bits per heavy atom. The van der Waals surface area contributed by atoms with Crippen LogP contribution >= 0.6 is 0 Å². The quantitative estimate of drug-likeness (QED) is 0.795. The molecule has 1 aliphatic rings. The summed E-state index contributed by atoms with van der Waals surface area (Å²) < 4.78 is 0. The van der Waals surface area contributed by atoms with Gasteiger partial charge in [-0.05, 0) is 63.3 Å². The second-order valence-electron chi connectivity index (χ2n) is 4.92. The van der Waals surface area contributed by atoms with Crippen LogP contribution in [0.4, 0.5) is 0 Å². The van der Waals surface area contributed by atoms with Crippen molar-refractivity contribution in [2.75, 3.05) is 7.05 Å². The molecule has 0 bridgehead atoms. The maximum Gasteiger partial charge on any atom is 0.0351 e. The molecule has 1 aliphatic carbocycles. The molecule has 82 valence electrons. The molecule has 0 saturated heterocycles. The van der Waals surface area contributed by atoms with Crippen molar-refractivity contribution in [3.8, 4) is 0 Å². The molecule has 15 heavy (non-hydrogen) atoms. The maximum absolute atomic E-state index is 3.48. The number of aryl methyl sites for hydroxylation is 3. The molecule has 1 unspecified atom stereocenters. The highest BCUT2D eigenvalue weighted by molar-refractivity contribution is 5.40. The lowest BCUT2D eigenvalue weighted by Crippen LogP contribution is -2.20. The zero-order valence-corrected chi connectivity index (χ0v) is 10.2. The highest BCUT2D eigenvalue weighted by atomic mass is 14.9. The van der Waals surface area contributed by atoms with Crippen molar-refractivity contribution in [2.24, 2.45) is 5.92 Å². The molecule has 0 aliphatic heterocycles. The molecule has 1 aromatic rings. The lowest BCUT2D eigenvalue weighted by atomic mass is 9.91. The van der Waals surface area contributed by atoms with Gasteiger partial charge in [-0.1, -0.05) is 17.7 Å². The number of nitrogens with one attached hydrogen (secondary N) is 1. The largest absolute Gasteiger partial charge is 0.313 e. The average molecular weight is 203 g/mol. The summed E-state index contributed by atoms with van der Waals surface area (Å²) in [4.78, 5) is 0. The summed E-state index contributed by atoms with van der Waals surface area (Å²) in [6.45, 7) is 6.65. The molecule has 0 heterocycles. The average Bonchev–Trinajstić information content (AvgIpc) is 2.94. The fourth-order valence-corrected chi connectivity index (χ4v) is 2.73. The van der Waals surface area contributed by atoms with Crippen LogP contribution < -0.4 is 5.32 Å². The zero-order valence-electron chi connectivity index (χ0n) is 10.2. The van der Waals surface area contributed by atoms with Gasteiger partial charge in [0.25, 0.3) is 0 Å². The topological polar surface area (TPSA) is 12.0 Å². The SMILES string of the molecule is CNC(c1c(C)cc(C)cc1C)C1CC1. The molecule has 0 amide bonds. The lowest BCUT2D eigenvalue weighted by molar-refractivity contribution is 0.523. The summed E-state index contributed by atoms with van der Waals surface area (Å²) >= 11 is 0. The molecule has 1 fully saturated rings. The van der Waals surface area contributed by atoms with Crippen LogP contribution in [0.5, 0.6) is 0 Å². The van der Waals surface area contributed by atoms with E-state index >= 15 is 0 Å². The molecule has 1 nitrogen and oxygen atoms in total. The summed E-state index contributed by atoms with van der Waals surface area (Å²) in [6, 6.07) is 5.18. The van der Waals surface area contributed by atoms with Crippen molar-refractivity contribution in [2.45, 2.75) is 39.7 Å². The van der Waals surface area contributed by atoms with Crippen molar-refractivity contribution in [1.29, 1.82) is 0 Å². The first-order valence-corrected chi connectivity index (χ1v) is 5.88. The number of hydrogen-bond donors (Lipinski definition) is 1. The minimum Gasteiger partial charge on any atom is -0.313 e. The second kappa shape index (κ2) is 3.97. The summed E-state index contributed by atoms with van der Waals surface area (Å²) in [5.74, 6) is 0.870. The minimum absolute atomic E-state index is 0.575. The molecule has 0 aromatic heterocycles. The summed E-state index contributed by atoms with van der Waals surface area (Å²) in [7, 11) is 2.09. The minimum atomic E-state index is 0.575. The van der Waals surface area contributed by atoms with Crippen LogP contribution in [-0.4, -0.2) is 7.05 Å². The standard InChI is InChI=1S/C14H21N/c1-9-7-10(2)13(11(3)8-9)14(15-4)12-5-6-12/h7-8,12,14-15H,5-6H2,1-4H3. The van der Waals surface area contributed by atoms with E-state index in [4.69, 9.17) is 0 Å². The van der Waals surface area contributed by atoms with Gasteiger partial charge in [-0.2, -0.15) is 0 Å². The highest BCUT2D eigenvalue weighted by Gasteiger charge is 2.32. The third-order valence-corrected chi connectivity index (χ3v) is 3.45. The van der Waals surface area contributed by atoms with Crippen LogP contribution in [0.2, 0.25) is 0 Å². The molecule has 1 aromatic carbocycles. The molecule has 2 rings (SSSR count). The Morgan fingerprint density at radius 3 is 2.07 bits per heavy atom. The first-order valence-electron chi connectivity index (χ1n) is 5.88. The van der Waals surface area contributed by atoms with Gasteiger partial charge in [0.1, 0.15) is 0 Å². The Morgan fingerprint density at radius 2 is 1.67 bits per heavy atom. The Bertz CT molecular complexity index is 341. The van der Waals surface area contributed by atoms with E-state index in [1.165, 1.54) is 35.1 Å². The highest BCUT2D eigenvalue weighted by Crippen LogP contribution is 2.42. The van der Waals surface area contributed by atoms with Crippen LogP contribution in [0.3, 0.4) is 0 Å². The van der Waals surface area contributed by atoms with Gasteiger partial charge in [0.2, 0.25) is 0 Å². The lowest BCUT2D eigenvalue weighted by Gasteiger charge is -2.21. The van der Waals surface area contributed by atoms with Crippen LogP contribution in [-0.2, 0) is 0 Å². The van der Waals surface area contributed by atoms with Gasteiger partial charge in [0.15, 0.2) is 0 Å². The summed E-state index contributed by atoms with van der Waals surface area (Å²) in [6.07, 6.45) is 2.77. The van der Waals surface area contributed by atoms with Crippen molar-refractivity contribution in [3.63, 3.8) is 0 Å². The number of hydrogen-bond acceptors (Lipinski definition) is 1. The van der Waals surface area contributed by atoms with E-state index in [1.807, 2.05) is 0 Å². The predicted octanol–water partition coefficient (Wildman–Crippen LogP) is 3.28. The number of rotatable bonds is 3. The van der Waals surface area contributed by atoms with Gasteiger partial charge in [0, 0.05) is 6.04 Å². The smallest absolute Gasteiger partial charge is 0.0351 e. The number of benzene rings is 1. The normalized spacial score (nSPS) is 17.9. The van der Waals surface area contributed by atoms with Gasteiger partial charge in [-0.3, -0.25) is 0 Å². The van der Waals surface area contributed by atoms with Gasteiger partial charge in [-0.25, -0.2) is 0 Å².